The van der Waals surface area contributed by atoms with Gasteiger partial charge in [0.2, 0.25) is 0 Å². The van der Waals surface area contributed by atoms with Gasteiger partial charge in [-0.1, -0.05) is 13.8 Å². The van der Waals surface area contributed by atoms with E-state index in [-0.39, 0.29) is 23.4 Å². The topological polar surface area (TPSA) is 101 Å². The third-order valence-corrected chi connectivity index (χ3v) is 9.80. The van der Waals surface area contributed by atoms with Crippen LogP contribution in [0.5, 0.6) is 0 Å². The van der Waals surface area contributed by atoms with Gasteiger partial charge >= 0.3 is 0 Å². The van der Waals surface area contributed by atoms with Crippen LogP contribution in [0.2, 0.25) is 0 Å². The first-order valence-corrected chi connectivity index (χ1v) is 10.5. The van der Waals surface area contributed by atoms with Crippen LogP contribution in [0, 0.1) is 28.6 Å². The third kappa shape index (κ3) is 2.04. The maximum absolute atomic E-state index is 11.9. The highest BCUT2D eigenvalue weighted by atomic mass is 16.4. The first kappa shape index (κ1) is 19.1. The normalized spacial score (nSPS) is 60.7. The van der Waals surface area contributed by atoms with Gasteiger partial charge in [-0.3, -0.25) is 0 Å². The molecule has 0 aliphatic heterocycles. The molecule has 0 radical (unpaired) electrons. The lowest BCUT2D eigenvalue weighted by Crippen LogP contribution is -2.71. The lowest BCUT2D eigenvalue weighted by molar-refractivity contribution is -0.286. The van der Waals surface area contributed by atoms with Gasteiger partial charge in [0.15, 0.2) is 0 Å². The molecule has 0 bridgehead atoms. The van der Waals surface area contributed by atoms with Gasteiger partial charge in [-0.15, -0.1) is 0 Å². The molecule has 0 amide bonds. The third-order valence-electron chi connectivity index (χ3n) is 9.80. The van der Waals surface area contributed by atoms with E-state index in [0.717, 1.165) is 32.1 Å². The van der Waals surface area contributed by atoms with Crippen LogP contribution in [-0.4, -0.2) is 55.0 Å². The highest BCUT2D eigenvalue weighted by Gasteiger charge is 2.75. The summed E-state index contributed by atoms with van der Waals surface area (Å²) in [7, 11) is 0. The van der Waals surface area contributed by atoms with Gasteiger partial charge in [-0.05, 0) is 81.5 Å². The summed E-state index contributed by atoms with van der Waals surface area (Å²) in [4.78, 5) is 0. The second-order valence-corrected chi connectivity index (χ2v) is 10.4. The standard InChI is InChI=1S/C21H36O5/c1-12(22)20(25)8-9-21(26)15-5-4-13-10-14(23)6-7-18(13,2)16(15)11-17(24)19(20,21)3/h12-17,22-26H,4-11H2,1-3H3/t12-,13-,14+,15-,16-,17-,18+,19-,20-,21+/m1/s1. The number of hydrogen-bond acceptors (Lipinski definition) is 5. The molecule has 26 heavy (non-hydrogen) atoms. The fourth-order valence-electron chi connectivity index (χ4n) is 7.92. The minimum absolute atomic E-state index is 0.0196. The van der Waals surface area contributed by atoms with Crippen molar-refractivity contribution in [3.63, 3.8) is 0 Å². The Bertz CT molecular complexity index is 581. The monoisotopic (exact) mass is 368 g/mol. The summed E-state index contributed by atoms with van der Waals surface area (Å²) in [5.41, 5.74) is -3.73. The zero-order chi connectivity index (χ0) is 19.1. The van der Waals surface area contributed by atoms with E-state index in [1.807, 2.05) is 0 Å². The van der Waals surface area contributed by atoms with Crippen molar-refractivity contribution in [1.82, 2.24) is 0 Å². The maximum Gasteiger partial charge on any atom is 0.101 e. The zero-order valence-corrected chi connectivity index (χ0v) is 16.4. The Morgan fingerprint density at radius 2 is 1.58 bits per heavy atom. The van der Waals surface area contributed by atoms with Gasteiger partial charge in [0.1, 0.15) is 5.60 Å². The van der Waals surface area contributed by atoms with Crippen LogP contribution in [-0.2, 0) is 0 Å². The molecule has 0 saturated heterocycles. The van der Waals surface area contributed by atoms with Gasteiger partial charge in [0.05, 0.1) is 29.3 Å². The van der Waals surface area contributed by atoms with Crippen molar-refractivity contribution in [2.45, 2.75) is 102 Å². The summed E-state index contributed by atoms with van der Waals surface area (Å²) in [6.07, 6.45) is 3.62. The van der Waals surface area contributed by atoms with Gasteiger partial charge in [-0.25, -0.2) is 0 Å². The fourth-order valence-corrected chi connectivity index (χ4v) is 7.92. The number of aliphatic hydroxyl groups excluding tert-OH is 3. The molecule has 10 atom stereocenters. The summed E-state index contributed by atoms with van der Waals surface area (Å²) in [5, 5.41) is 54.8. The van der Waals surface area contributed by atoms with Crippen molar-refractivity contribution in [3.8, 4) is 0 Å². The lowest BCUT2D eigenvalue weighted by Gasteiger charge is -2.65. The van der Waals surface area contributed by atoms with Crippen LogP contribution in [0.4, 0.5) is 0 Å². The molecule has 150 valence electrons. The summed E-state index contributed by atoms with van der Waals surface area (Å²) in [6.45, 7) is 5.64. The quantitative estimate of drug-likeness (QED) is 0.484. The van der Waals surface area contributed by atoms with E-state index in [1.54, 1.807) is 13.8 Å². The molecule has 4 aliphatic carbocycles. The Kier molecular flexibility index (Phi) is 4.17. The summed E-state index contributed by atoms with van der Waals surface area (Å²) in [6, 6.07) is 0. The summed E-state index contributed by atoms with van der Waals surface area (Å²) < 4.78 is 0. The fraction of sp³-hybridized carbons (Fsp3) is 1.00. The molecule has 5 N–H and O–H groups in total. The average Bonchev–Trinajstić information content (AvgIpc) is 2.80. The highest BCUT2D eigenvalue weighted by Crippen LogP contribution is 2.70. The van der Waals surface area contributed by atoms with Crippen molar-refractivity contribution < 1.29 is 25.5 Å². The molecule has 0 spiro atoms. The van der Waals surface area contributed by atoms with Crippen molar-refractivity contribution in [2.75, 3.05) is 0 Å². The zero-order valence-electron chi connectivity index (χ0n) is 16.4. The van der Waals surface area contributed by atoms with Gasteiger partial charge in [-0.2, -0.15) is 0 Å². The minimum atomic E-state index is -1.47. The predicted octanol–water partition coefficient (Wildman–Crippen LogP) is 1.59. The van der Waals surface area contributed by atoms with E-state index >= 15 is 0 Å². The Balaban J connectivity index is 1.75. The Morgan fingerprint density at radius 3 is 2.23 bits per heavy atom. The Hall–Kier alpha value is -0.200. The second kappa shape index (κ2) is 5.66. The van der Waals surface area contributed by atoms with Crippen LogP contribution < -0.4 is 0 Å². The largest absolute Gasteiger partial charge is 0.393 e. The molecule has 0 aromatic rings. The van der Waals surface area contributed by atoms with Crippen molar-refractivity contribution in [2.24, 2.45) is 28.6 Å². The van der Waals surface area contributed by atoms with Crippen molar-refractivity contribution >= 4 is 0 Å². The molecule has 0 unspecified atom stereocenters. The number of hydrogen-bond donors (Lipinski definition) is 5. The van der Waals surface area contributed by atoms with Crippen molar-refractivity contribution in [3.05, 3.63) is 0 Å². The van der Waals surface area contributed by atoms with Crippen LogP contribution in [0.15, 0.2) is 0 Å². The first-order chi connectivity index (χ1) is 12.0. The molecular formula is C21H36O5. The second-order valence-electron chi connectivity index (χ2n) is 10.4. The SMILES string of the molecule is C[C@@H](O)[C@]1(O)CC[C@]2(O)[C@@H]3CC[C@@H]4C[C@@H](O)CC[C@]4(C)[C@@H]3C[C@@H](O)[C@]12C. The van der Waals surface area contributed by atoms with E-state index in [1.165, 1.54) is 0 Å². The van der Waals surface area contributed by atoms with Crippen LogP contribution in [0.1, 0.15) is 72.1 Å². The number of rotatable bonds is 1. The van der Waals surface area contributed by atoms with E-state index in [4.69, 9.17) is 0 Å². The van der Waals surface area contributed by atoms with Crippen LogP contribution in [0.25, 0.3) is 0 Å². The molecule has 4 aliphatic rings. The van der Waals surface area contributed by atoms with Crippen LogP contribution in [0.3, 0.4) is 0 Å². The molecule has 4 fully saturated rings. The molecule has 5 heteroatoms. The molecular weight excluding hydrogens is 332 g/mol. The predicted molar refractivity (Wildman–Crippen MR) is 97.2 cm³/mol. The average molecular weight is 369 g/mol. The molecule has 5 nitrogen and oxygen atoms in total. The maximum atomic E-state index is 11.9. The Morgan fingerprint density at radius 1 is 0.885 bits per heavy atom. The Labute approximate surface area is 156 Å². The van der Waals surface area contributed by atoms with Gasteiger partial charge < -0.3 is 25.5 Å². The summed E-state index contributed by atoms with van der Waals surface area (Å²) in [5.74, 6) is 0.656. The smallest absolute Gasteiger partial charge is 0.101 e. The van der Waals surface area contributed by atoms with E-state index in [2.05, 4.69) is 6.92 Å². The number of aliphatic hydroxyl groups is 5. The molecule has 0 heterocycles. The lowest BCUT2D eigenvalue weighted by atomic mass is 9.42. The molecule has 4 rings (SSSR count). The number of fused-ring (bicyclic) bond motifs is 5. The first-order valence-electron chi connectivity index (χ1n) is 10.5. The molecule has 0 aromatic heterocycles. The van der Waals surface area contributed by atoms with Crippen LogP contribution >= 0.6 is 0 Å². The van der Waals surface area contributed by atoms with Gasteiger partial charge in [0.25, 0.3) is 0 Å². The van der Waals surface area contributed by atoms with E-state index in [0.29, 0.717) is 25.2 Å². The summed E-state index contributed by atoms with van der Waals surface area (Å²) >= 11 is 0. The highest BCUT2D eigenvalue weighted by molar-refractivity contribution is 5.25. The van der Waals surface area contributed by atoms with E-state index in [9.17, 15) is 25.5 Å². The molecule has 0 aromatic carbocycles. The van der Waals surface area contributed by atoms with E-state index < -0.39 is 28.8 Å². The minimum Gasteiger partial charge on any atom is -0.393 e. The molecule has 4 saturated carbocycles. The van der Waals surface area contributed by atoms with Crippen molar-refractivity contribution in [1.29, 1.82) is 0 Å². The van der Waals surface area contributed by atoms with Gasteiger partial charge in [0, 0.05) is 0 Å².